The second-order valence-corrected chi connectivity index (χ2v) is 12.3. The second kappa shape index (κ2) is 7.63. The zero-order valence-electron chi connectivity index (χ0n) is 13.8. The standard InChI is InChI=1S/C17H34OSi/c1-17(2,3)19(4,5)18-16-14-12-10-8-6-7-9-11-13-15-16/h6,8,16H,7,9-15H2,1-5H3. The summed E-state index contributed by atoms with van der Waals surface area (Å²) in [6, 6.07) is 0. The molecule has 0 bridgehead atoms. The van der Waals surface area contributed by atoms with Crippen molar-refractivity contribution < 1.29 is 4.43 Å². The van der Waals surface area contributed by atoms with Crippen molar-refractivity contribution in [2.75, 3.05) is 0 Å². The first-order valence-corrected chi connectivity index (χ1v) is 11.1. The molecule has 1 aliphatic rings. The molecule has 0 fully saturated rings. The lowest BCUT2D eigenvalue weighted by Crippen LogP contribution is -2.44. The second-order valence-electron chi connectivity index (χ2n) is 7.54. The molecule has 0 heterocycles. The highest BCUT2D eigenvalue weighted by Crippen LogP contribution is 2.38. The van der Waals surface area contributed by atoms with Gasteiger partial charge in [0.25, 0.3) is 0 Å². The van der Waals surface area contributed by atoms with Crippen molar-refractivity contribution in [2.24, 2.45) is 0 Å². The molecule has 19 heavy (non-hydrogen) atoms. The van der Waals surface area contributed by atoms with E-state index in [1.165, 1.54) is 51.4 Å². The lowest BCUT2D eigenvalue weighted by molar-refractivity contribution is 0.155. The summed E-state index contributed by atoms with van der Waals surface area (Å²) in [5.74, 6) is 0. The monoisotopic (exact) mass is 282 g/mol. The van der Waals surface area contributed by atoms with Crippen molar-refractivity contribution in [3.05, 3.63) is 12.2 Å². The van der Waals surface area contributed by atoms with E-state index in [1.54, 1.807) is 0 Å². The van der Waals surface area contributed by atoms with Crippen LogP contribution < -0.4 is 0 Å². The fourth-order valence-electron chi connectivity index (χ4n) is 2.37. The summed E-state index contributed by atoms with van der Waals surface area (Å²) in [5, 5.41) is 0.332. The third-order valence-electron chi connectivity index (χ3n) is 4.73. The lowest BCUT2D eigenvalue weighted by Gasteiger charge is -2.39. The molecule has 0 N–H and O–H groups in total. The first kappa shape index (κ1) is 17.0. The Morgan fingerprint density at radius 2 is 1.47 bits per heavy atom. The first-order valence-electron chi connectivity index (χ1n) is 8.16. The molecule has 0 aliphatic heterocycles. The smallest absolute Gasteiger partial charge is 0.192 e. The van der Waals surface area contributed by atoms with Crippen LogP contribution in [0.2, 0.25) is 18.1 Å². The first-order chi connectivity index (χ1) is 8.83. The summed E-state index contributed by atoms with van der Waals surface area (Å²) in [6.07, 6.45) is 15.6. The average molecular weight is 283 g/mol. The molecule has 0 saturated carbocycles. The molecular weight excluding hydrogens is 248 g/mol. The van der Waals surface area contributed by atoms with Gasteiger partial charge in [0, 0.05) is 6.10 Å². The van der Waals surface area contributed by atoms with Gasteiger partial charge in [-0.3, -0.25) is 0 Å². The van der Waals surface area contributed by atoms with Gasteiger partial charge < -0.3 is 4.43 Å². The highest BCUT2D eigenvalue weighted by atomic mass is 28.4. The molecule has 0 saturated heterocycles. The molecule has 0 spiro atoms. The van der Waals surface area contributed by atoms with Crippen LogP contribution in [0.15, 0.2) is 12.2 Å². The lowest BCUT2D eigenvalue weighted by atomic mass is 10.1. The van der Waals surface area contributed by atoms with Crippen LogP contribution in [0.1, 0.15) is 72.1 Å². The molecule has 0 aromatic carbocycles. The van der Waals surface area contributed by atoms with Crippen LogP contribution in [-0.2, 0) is 4.43 Å². The molecule has 1 atom stereocenters. The maximum atomic E-state index is 6.63. The van der Waals surface area contributed by atoms with Gasteiger partial charge >= 0.3 is 0 Å². The largest absolute Gasteiger partial charge is 0.414 e. The van der Waals surface area contributed by atoms with Crippen molar-refractivity contribution in [3.8, 4) is 0 Å². The maximum absolute atomic E-state index is 6.63. The molecular formula is C17H34OSi. The Kier molecular flexibility index (Phi) is 6.82. The molecule has 1 unspecified atom stereocenters. The molecule has 0 radical (unpaired) electrons. The van der Waals surface area contributed by atoms with E-state index in [9.17, 15) is 0 Å². The normalized spacial score (nSPS) is 23.9. The number of allylic oxidation sites excluding steroid dienone is 2. The van der Waals surface area contributed by atoms with Gasteiger partial charge in [0.1, 0.15) is 0 Å². The summed E-state index contributed by atoms with van der Waals surface area (Å²) in [7, 11) is -1.59. The predicted octanol–water partition coefficient (Wildman–Crippen LogP) is 6.07. The molecule has 2 heteroatoms. The molecule has 112 valence electrons. The van der Waals surface area contributed by atoms with Crippen molar-refractivity contribution >= 4 is 8.32 Å². The van der Waals surface area contributed by atoms with Gasteiger partial charge in [-0.2, -0.15) is 0 Å². The fourth-order valence-corrected chi connectivity index (χ4v) is 3.79. The van der Waals surface area contributed by atoms with E-state index < -0.39 is 8.32 Å². The Morgan fingerprint density at radius 3 is 2.11 bits per heavy atom. The number of hydrogen-bond donors (Lipinski definition) is 0. The van der Waals surface area contributed by atoms with Gasteiger partial charge in [0.2, 0.25) is 0 Å². The van der Waals surface area contributed by atoms with Crippen LogP contribution in [0.5, 0.6) is 0 Å². The molecule has 0 aromatic rings. The Hall–Kier alpha value is -0.0831. The van der Waals surface area contributed by atoms with Crippen LogP contribution in [0.3, 0.4) is 0 Å². The SMILES string of the molecule is CC(C)(C)[Si](C)(C)OC1CCCC=CCCCCC1. The van der Waals surface area contributed by atoms with Gasteiger partial charge in [0.15, 0.2) is 8.32 Å². The van der Waals surface area contributed by atoms with E-state index in [1.807, 2.05) is 0 Å². The minimum atomic E-state index is -1.59. The average Bonchev–Trinajstić information content (AvgIpc) is 2.33. The van der Waals surface area contributed by atoms with Crippen LogP contribution >= 0.6 is 0 Å². The molecule has 1 aliphatic carbocycles. The maximum Gasteiger partial charge on any atom is 0.192 e. The van der Waals surface area contributed by atoms with Crippen molar-refractivity contribution in [1.29, 1.82) is 0 Å². The quantitative estimate of drug-likeness (QED) is 0.441. The van der Waals surface area contributed by atoms with E-state index in [4.69, 9.17) is 4.43 Å². The summed E-state index contributed by atoms with van der Waals surface area (Å²) in [4.78, 5) is 0. The van der Waals surface area contributed by atoms with Crippen LogP contribution in [0, 0.1) is 0 Å². The van der Waals surface area contributed by atoms with Crippen LogP contribution in [0.25, 0.3) is 0 Å². The number of rotatable bonds is 2. The van der Waals surface area contributed by atoms with Gasteiger partial charge in [-0.1, -0.05) is 45.8 Å². The van der Waals surface area contributed by atoms with E-state index in [0.717, 1.165) is 0 Å². The summed E-state index contributed by atoms with van der Waals surface area (Å²) in [6.45, 7) is 11.8. The topological polar surface area (TPSA) is 9.23 Å². The zero-order chi connectivity index (χ0) is 14.4. The van der Waals surface area contributed by atoms with Crippen molar-refractivity contribution in [3.63, 3.8) is 0 Å². The number of hydrogen-bond acceptors (Lipinski definition) is 1. The van der Waals surface area contributed by atoms with Crippen LogP contribution in [-0.4, -0.2) is 14.4 Å². The highest BCUT2D eigenvalue weighted by molar-refractivity contribution is 6.74. The minimum absolute atomic E-state index is 0.332. The predicted molar refractivity (Wildman–Crippen MR) is 88.1 cm³/mol. The van der Waals surface area contributed by atoms with Gasteiger partial charge in [0.05, 0.1) is 0 Å². The van der Waals surface area contributed by atoms with E-state index in [0.29, 0.717) is 11.1 Å². The van der Waals surface area contributed by atoms with Gasteiger partial charge in [-0.25, -0.2) is 0 Å². The van der Waals surface area contributed by atoms with E-state index in [2.05, 4.69) is 46.0 Å². The minimum Gasteiger partial charge on any atom is -0.414 e. The summed E-state index contributed by atoms with van der Waals surface area (Å²) in [5.41, 5.74) is 0. The highest BCUT2D eigenvalue weighted by Gasteiger charge is 2.38. The molecule has 1 nitrogen and oxygen atoms in total. The third kappa shape index (κ3) is 6.27. The molecule has 0 amide bonds. The molecule has 1 rings (SSSR count). The Morgan fingerprint density at radius 1 is 0.895 bits per heavy atom. The summed E-state index contributed by atoms with van der Waals surface area (Å²) >= 11 is 0. The Labute approximate surface area is 122 Å². The van der Waals surface area contributed by atoms with Crippen molar-refractivity contribution in [2.45, 2.75) is 96.4 Å². The summed E-state index contributed by atoms with van der Waals surface area (Å²) < 4.78 is 6.63. The van der Waals surface area contributed by atoms with E-state index >= 15 is 0 Å². The Balaban J connectivity index is 2.55. The van der Waals surface area contributed by atoms with Gasteiger partial charge in [-0.15, -0.1) is 0 Å². The fraction of sp³-hybridized carbons (Fsp3) is 0.882. The third-order valence-corrected chi connectivity index (χ3v) is 9.26. The Bertz CT molecular complexity index is 275. The van der Waals surface area contributed by atoms with Crippen LogP contribution in [0.4, 0.5) is 0 Å². The van der Waals surface area contributed by atoms with Gasteiger partial charge in [-0.05, 0) is 56.7 Å². The van der Waals surface area contributed by atoms with Crippen molar-refractivity contribution in [1.82, 2.24) is 0 Å². The molecule has 0 aromatic heterocycles. The van der Waals surface area contributed by atoms with E-state index in [-0.39, 0.29) is 0 Å². The zero-order valence-corrected chi connectivity index (χ0v) is 14.8.